The summed E-state index contributed by atoms with van der Waals surface area (Å²) in [5.74, 6) is 0. The molecule has 0 radical (unpaired) electrons. The van der Waals surface area contributed by atoms with Crippen LogP contribution >= 0.6 is 0 Å². The minimum absolute atomic E-state index is 0.469. The lowest BCUT2D eigenvalue weighted by Gasteiger charge is -2.16. The number of likely N-dealkylation sites (N-methyl/N-ethyl adjacent to an activating group) is 1. The maximum atomic E-state index is 4.63. The van der Waals surface area contributed by atoms with Crippen LogP contribution in [0.1, 0.15) is 37.2 Å². The van der Waals surface area contributed by atoms with Crippen molar-refractivity contribution in [2.24, 2.45) is 0 Å². The zero-order chi connectivity index (χ0) is 15.1. The number of rotatable bonds is 8. The Balaban J connectivity index is 1.97. The largest absolute Gasteiger partial charge is 0.317 e. The predicted octanol–water partition coefficient (Wildman–Crippen LogP) is 2.62. The Morgan fingerprint density at radius 1 is 1.33 bits per heavy atom. The van der Waals surface area contributed by atoms with E-state index in [4.69, 9.17) is 0 Å². The van der Waals surface area contributed by atoms with Gasteiger partial charge in [0.2, 0.25) is 0 Å². The molecule has 4 heteroatoms. The Bertz CT molecular complexity index is 533. The first-order valence-corrected chi connectivity index (χ1v) is 7.88. The fraction of sp³-hybridized carbons (Fsp3) is 0.529. The van der Waals surface area contributed by atoms with Crippen molar-refractivity contribution in [3.8, 4) is 0 Å². The summed E-state index contributed by atoms with van der Waals surface area (Å²) in [6.45, 7) is 5.25. The van der Waals surface area contributed by atoms with Crippen LogP contribution in [0.5, 0.6) is 0 Å². The van der Waals surface area contributed by atoms with Gasteiger partial charge in [-0.05, 0) is 50.9 Å². The molecule has 2 heterocycles. The topological polar surface area (TPSA) is 42.7 Å². The molecule has 0 bridgehead atoms. The summed E-state index contributed by atoms with van der Waals surface area (Å²) < 4.78 is 2.13. The van der Waals surface area contributed by atoms with Gasteiger partial charge in [-0.2, -0.15) is 5.10 Å². The Labute approximate surface area is 127 Å². The van der Waals surface area contributed by atoms with Crippen LogP contribution in [-0.4, -0.2) is 27.9 Å². The second-order valence-corrected chi connectivity index (χ2v) is 5.39. The van der Waals surface area contributed by atoms with Crippen molar-refractivity contribution < 1.29 is 0 Å². The van der Waals surface area contributed by atoms with Gasteiger partial charge in [0.15, 0.2) is 0 Å². The summed E-state index contributed by atoms with van der Waals surface area (Å²) in [7, 11) is 2.04. The molecule has 1 unspecified atom stereocenters. The SMILES string of the molecule is CCc1cc(CC(CCc2cccnc2)NC)n(CC)n1. The van der Waals surface area contributed by atoms with Gasteiger partial charge in [0.05, 0.1) is 5.69 Å². The number of hydrogen-bond acceptors (Lipinski definition) is 3. The quantitative estimate of drug-likeness (QED) is 0.811. The van der Waals surface area contributed by atoms with Crippen LogP contribution < -0.4 is 5.32 Å². The second-order valence-electron chi connectivity index (χ2n) is 5.39. The average Bonchev–Trinajstić information content (AvgIpc) is 2.94. The van der Waals surface area contributed by atoms with Gasteiger partial charge in [0, 0.05) is 37.1 Å². The molecule has 0 aliphatic carbocycles. The van der Waals surface area contributed by atoms with Crippen LogP contribution in [-0.2, 0) is 25.8 Å². The fourth-order valence-corrected chi connectivity index (χ4v) is 2.61. The van der Waals surface area contributed by atoms with Crippen LogP contribution in [0.4, 0.5) is 0 Å². The van der Waals surface area contributed by atoms with E-state index in [0.29, 0.717) is 6.04 Å². The fourth-order valence-electron chi connectivity index (χ4n) is 2.61. The molecule has 0 amide bonds. The van der Waals surface area contributed by atoms with E-state index in [1.165, 1.54) is 17.0 Å². The van der Waals surface area contributed by atoms with Gasteiger partial charge in [-0.3, -0.25) is 9.67 Å². The van der Waals surface area contributed by atoms with Gasteiger partial charge >= 0.3 is 0 Å². The highest BCUT2D eigenvalue weighted by Gasteiger charge is 2.12. The maximum Gasteiger partial charge on any atom is 0.0624 e. The smallest absolute Gasteiger partial charge is 0.0624 e. The van der Waals surface area contributed by atoms with Gasteiger partial charge in [0.25, 0.3) is 0 Å². The van der Waals surface area contributed by atoms with E-state index in [1.54, 1.807) is 0 Å². The Morgan fingerprint density at radius 2 is 2.19 bits per heavy atom. The van der Waals surface area contributed by atoms with Crippen molar-refractivity contribution in [3.05, 3.63) is 47.5 Å². The first-order chi connectivity index (χ1) is 10.3. The number of nitrogens with zero attached hydrogens (tertiary/aromatic N) is 3. The molecule has 114 valence electrons. The third-order valence-corrected chi connectivity index (χ3v) is 3.94. The number of hydrogen-bond donors (Lipinski definition) is 1. The highest BCUT2D eigenvalue weighted by Crippen LogP contribution is 2.12. The third kappa shape index (κ3) is 4.39. The normalized spacial score (nSPS) is 12.5. The van der Waals surface area contributed by atoms with Gasteiger partial charge in [0.1, 0.15) is 0 Å². The highest BCUT2D eigenvalue weighted by molar-refractivity contribution is 5.13. The number of nitrogens with one attached hydrogen (secondary N) is 1. The van der Waals surface area contributed by atoms with E-state index in [9.17, 15) is 0 Å². The van der Waals surface area contributed by atoms with Crippen molar-refractivity contribution >= 4 is 0 Å². The summed E-state index contributed by atoms with van der Waals surface area (Å²) in [6, 6.07) is 6.86. The lowest BCUT2D eigenvalue weighted by Crippen LogP contribution is -2.29. The Hall–Kier alpha value is -1.68. The zero-order valence-corrected chi connectivity index (χ0v) is 13.3. The van der Waals surface area contributed by atoms with Gasteiger partial charge < -0.3 is 5.32 Å². The molecule has 0 aromatic carbocycles. The summed E-state index contributed by atoms with van der Waals surface area (Å²) in [5.41, 5.74) is 3.82. The molecule has 2 rings (SSSR count). The molecule has 0 saturated heterocycles. The molecular formula is C17H26N4. The van der Waals surface area contributed by atoms with Crippen molar-refractivity contribution in [2.45, 2.75) is 52.1 Å². The molecule has 0 saturated carbocycles. The van der Waals surface area contributed by atoms with Crippen molar-refractivity contribution in [3.63, 3.8) is 0 Å². The molecule has 2 aromatic heterocycles. The van der Waals surface area contributed by atoms with Gasteiger partial charge in [-0.25, -0.2) is 0 Å². The minimum Gasteiger partial charge on any atom is -0.317 e. The van der Waals surface area contributed by atoms with E-state index in [2.05, 4.69) is 46.1 Å². The molecular weight excluding hydrogens is 260 g/mol. The highest BCUT2D eigenvalue weighted by atomic mass is 15.3. The predicted molar refractivity (Wildman–Crippen MR) is 86.4 cm³/mol. The van der Waals surface area contributed by atoms with Crippen LogP contribution in [0.15, 0.2) is 30.6 Å². The Morgan fingerprint density at radius 3 is 2.81 bits per heavy atom. The summed E-state index contributed by atoms with van der Waals surface area (Å²) >= 11 is 0. The molecule has 1 atom stereocenters. The molecule has 0 aliphatic heterocycles. The van der Waals surface area contributed by atoms with Crippen molar-refractivity contribution in [2.75, 3.05) is 7.05 Å². The maximum absolute atomic E-state index is 4.63. The summed E-state index contributed by atoms with van der Waals surface area (Å²) in [5, 5.41) is 8.07. The van der Waals surface area contributed by atoms with Crippen LogP contribution in [0.2, 0.25) is 0 Å². The monoisotopic (exact) mass is 286 g/mol. The molecule has 0 spiro atoms. The molecule has 0 aliphatic rings. The number of pyridine rings is 1. The minimum atomic E-state index is 0.469. The first-order valence-electron chi connectivity index (χ1n) is 7.88. The number of aromatic nitrogens is 3. The van der Waals surface area contributed by atoms with Crippen molar-refractivity contribution in [1.29, 1.82) is 0 Å². The van der Waals surface area contributed by atoms with E-state index in [-0.39, 0.29) is 0 Å². The van der Waals surface area contributed by atoms with E-state index >= 15 is 0 Å². The van der Waals surface area contributed by atoms with Crippen LogP contribution in [0.25, 0.3) is 0 Å². The second kappa shape index (κ2) is 7.93. The zero-order valence-electron chi connectivity index (χ0n) is 13.3. The average molecular weight is 286 g/mol. The van der Waals surface area contributed by atoms with Crippen molar-refractivity contribution in [1.82, 2.24) is 20.1 Å². The Kier molecular flexibility index (Phi) is 5.93. The molecule has 0 fully saturated rings. The van der Waals surface area contributed by atoms with Crippen LogP contribution in [0.3, 0.4) is 0 Å². The molecule has 21 heavy (non-hydrogen) atoms. The molecule has 1 N–H and O–H groups in total. The summed E-state index contributed by atoms with van der Waals surface area (Å²) in [4.78, 5) is 4.18. The van der Waals surface area contributed by atoms with E-state index < -0.39 is 0 Å². The summed E-state index contributed by atoms with van der Waals surface area (Å²) in [6.07, 6.45) is 7.97. The van der Waals surface area contributed by atoms with Gasteiger partial charge in [-0.15, -0.1) is 0 Å². The molecule has 2 aromatic rings. The first kappa shape index (κ1) is 15.7. The van der Waals surface area contributed by atoms with Crippen LogP contribution in [0, 0.1) is 0 Å². The van der Waals surface area contributed by atoms with Gasteiger partial charge in [-0.1, -0.05) is 13.0 Å². The van der Waals surface area contributed by atoms with E-state index in [0.717, 1.165) is 32.2 Å². The lowest BCUT2D eigenvalue weighted by atomic mass is 10.0. The number of aryl methyl sites for hydroxylation is 3. The third-order valence-electron chi connectivity index (χ3n) is 3.94. The van der Waals surface area contributed by atoms with E-state index in [1.807, 2.05) is 25.5 Å². The molecule has 4 nitrogen and oxygen atoms in total. The lowest BCUT2D eigenvalue weighted by molar-refractivity contribution is 0.494. The standard InChI is InChI=1S/C17H26N4/c1-4-15-11-17(21(5-2)20-15)12-16(18-3)9-8-14-7-6-10-19-13-14/h6-7,10-11,13,16,18H,4-5,8-9,12H2,1-3H3.